The summed E-state index contributed by atoms with van der Waals surface area (Å²) >= 11 is 0. The Morgan fingerprint density at radius 1 is 1.25 bits per heavy atom. The molecule has 7 nitrogen and oxygen atoms in total. The summed E-state index contributed by atoms with van der Waals surface area (Å²) in [5, 5.41) is 11.6. The molecule has 1 aromatic rings. The van der Waals surface area contributed by atoms with Crippen LogP contribution in [0.2, 0.25) is 0 Å². The second kappa shape index (κ2) is 8.90. The maximum absolute atomic E-state index is 12.0. The van der Waals surface area contributed by atoms with Gasteiger partial charge in [-0.25, -0.2) is 9.59 Å². The number of amides is 2. The number of hydrogen-bond donors (Lipinski definition) is 2. The first kappa shape index (κ1) is 17.8. The van der Waals surface area contributed by atoms with Gasteiger partial charge in [-0.1, -0.05) is 30.3 Å². The molecule has 2 N–H and O–H groups in total. The van der Waals surface area contributed by atoms with Crippen molar-refractivity contribution >= 4 is 18.0 Å². The van der Waals surface area contributed by atoms with E-state index in [1.54, 1.807) is 0 Å². The fraction of sp³-hybridized carbons (Fsp3) is 0.471. The number of benzene rings is 1. The van der Waals surface area contributed by atoms with E-state index >= 15 is 0 Å². The predicted molar refractivity (Wildman–Crippen MR) is 86.2 cm³/mol. The molecule has 2 rings (SSSR count). The molecule has 0 aromatic heterocycles. The molecule has 7 heteroatoms. The average molecular weight is 334 g/mol. The van der Waals surface area contributed by atoms with E-state index in [0.29, 0.717) is 32.4 Å². The van der Waals surface area contributed by atoms with E-state index in [2.05, 4.69) is 5.32 Å². The summed E-state index contributed by atoms with van der Waals surface area (Å²) in [6, 6.07) is 8.63. The fourth-order valence-electron chi connectivity index (χ4n) is 2.67. The molecule has 1 heterocycles. The predicted octanol–water partition coefficient (Wildman–Crippen LogP) is 1.77. The Hall–Kier alpha value is -2.57. The van der Waals surface area contributed by atoms with Crippen molar-refractivity contribution < 1.29 is 24.2 Å². The first-order valence-electron chi connectivity index (χ1n) is 8.05. The van der Waals surface area contributed by atoms with Crippen molar-refractivity contribution in [2.75, 3.05) is 13.1 Å². The van der Waals surface area contributed by atoms with E-state index in [4.69, 9.17) is 9.84 Å². The number of carbonyl (C=O) groups is 3. The number of nitrogens with one attached hydrogen (secondary N) is 1. The summed E-state index contributed by atoms with van der Waals surface area (Å²) in [5.41, 5.74) is 0.900. The third kappa shape index (κ3) is 5.26. The molecular formula is C17H22N2O5. The summed E-state index contributed by atoms with van der Waals surface area (Å²) in [7, 11) is 0. The lowest BCUT2D eigenvalue weighted by atomic mass is 10.2. The largest absolute Gasteiger partial charge is 0.480 e. The molecule has 1 saturated heterocycles. The van der Waals surface area contributed by atoms with Crippen molar-refractivity contribution in [1.29, 1.82) is 0 Å². The van der Waals surface area contributed by atoms with E-state index < -0.39 is 18.1 Å². The first-order chi connectivity index (χ1) is 11.6. The number of nitrogens with zero attached hydrogens (tertiary/aromatic N) is 1. The summed E-state index contributed by atoms with van der Waals surface area (Å²) in [5.74, 6) is -1.14. The number of likely N-dealkylation sites (tertiary alicyclic amines) is 1. The average Bonchev–Trinajstić information content (AvgIpc) is 3.08. The lowest BCUT2D eigenvalue weighted by Crippen LogP contribution is -2.40. The van der Waals surface area contributed by atoms with Crippen LogP contribution >= 0.6 is 0 Å². The highest BCUT2D eigenvalue weighted by Gasteiger charge is 2.33. The Kier molecular flexibility index (Phi) is 6.60. The standard InChI is InChI=1S/C17H22N2O5/c20-15(19-11-5-8-14(19)16(21)22)9-4-10-18-17(23)24-12-13-6-2-1-3-7-13/h1-3,6-7,14H,4-5,8-12H2,(H,18,23)(H,21,22)/t14-/m0/s1. The zero-order chi connectivity index (χ0) is 17.4. The van der Waals surface area contributed by atoms with Gasteiger partial charge >= 0.3 is 12.1 Å². The highest BCUT2D eigenvalue weighted by atomic mass is 16.5. The van der Waals surface area contributed by atoms with Crippen molar-refractivity contribution in [2.24, 2.45) is 0 Å². The van der Waals surface area contributed by atoms with Gasteiger partial charge in [0.15, 0.2) is 0 Å². The Labute approximate surface area is 140 Å². The maximum Gasteiger partial charge on any atom is 0.407 e. The molecule has 1 fully saturated rings. The van der Waals surface area contributed by atoms with Gasteiger partial charge in [0.1, 0.15) is 12.6 Å². The molecule has 0 saturated carbocycles. The van der Waals surface area contributed by atoms with Crippen LogP contribution in [0.1, 0.15) is 31.2 Å². The topological polar surface area (TPSA) is 95.9 Å². The molecule has 130 valence electrons. The van der Waals surface area contributed by atoms with E-state index in [1.165, 1.54) is 4.90 Å². The monoisotopic (exact) mass is 334 g/mol. The van der Waals surface area contributed by atoms with Gasteiger partial charge in [-0.15, -0.1) is 0 Å². The minimum atomic E-state index is -0.955. The van der Waals surface area contributed by atoms with Crippen LogP contribution in [-0.2, 0) is 20.9 Å². The molecule has 0 spiro atoms. The highest BCUT2D eigenvalue weighted by Crippen LogP contribution is 2.18. The van der Waals surface area contributed by atoms with Crippen molar-refractivity contribution in [3.05, 3.63) is 35.9 Å². The summed E-state index contributed by atoms with van der Waals surface area (Å²) in [6.45, 7) is 0.993. The van der Waals surface area contributed by atoms with Gasteiger partial charge in [0.05, 0.1) is 0 Å². The number of alkyl carbamates (subject to hydrolysis) is 1. The van der Waals surface area contributed by atoms with E-state index in [1.807, 2.05) is 30.3 Å². The van der Waals surface area contributed by atoms with Crippen molar-refractivity contribution in [2.45, 2.75) is 38.3 Å². The molecule has 1 atom stereocenters. The van der Waals surface area contributed by atoms with Crippen LogP contribution in [0, 0.1) is 0 Å². The van der Waals surface area contributed by atoms with Gasteiger partial charge in [-0.2, -0.15) is 0 Å². The zero-order valence-corrected chi connectivity index (χ0v) is 13.4. The Morgan fingerprint density at radius 3 is 2.71 bits per heavy atom. The Balaban J connectivity index is 1.61. The number of aliphatic carboxylic acids is 1. The highest BCUT2D eigenvalue weighted by molar-refractivity contribution is 5.84. The quantitative estimate of drug-likeness (QED) is 0.741. The molecule has 2 amide bonds. The van der Waals surface area contributed by atoms with Crippen molar-refractivity contribution in [1.82, 2.24) is 10.2 Å². The number of hydrogen-bond acceptors (Lipinski definition) is 4. The summed E-state index contributed by atoms with van der Waals surface area (Å²) in [6.07, 6.45) is 1.35. The van der Waals surface area contributed by atoms with E-state index in [0.717, 1.165) is 5.56 Å². The summed E-state index contributed by atoms with van der Waals surface area (Å²) in [4.78, 5) is 36.1. The molecule has 1 aliphatic heterocycles. The minimum Gasteiger partial charge on any atom is -0.480 e. The number of carboxylic acid groups (broad SMARTS) is 1. The van der Waals surface area contributed by atoms with Gasteiger partial charge in [0.2, 0.25) is 5.91 Å². The molecule has 24 heavy (non-hydrogen) atoms. The maximum atomic E-state index is 12.0. The number of rotatable bonds is 7. The van der Waals surface area contributed by atoms with Crippen molar-refractivity contribution in [3.8, 4) is 0 Å². The molecule has 0 bridgehead atoms. The van der Waals surface area contributed by atoms with Gasteiger partial charge in [0.25, 0.3) is 0 Å². The van der Waals surface area contributed by atoms with Gasteiger partial charge < -0.3 is 20.1 Å². The molecule has 1 aromatic carbocycles. The van der Waals surface area contributed by atoms with Crippen LogP contribution in [0.3, 0.4) is 0 Å². The van der Waals surface area contributed by atoms with Crippen LogP contribution in [0.25, 0.3) is 0 Å². The Morgan fingerprint density at radius 2 is 2.00 bits per heavy atom. The van der Waals surface area contributed by atoms with Crippen LogP contribution in [0.4, 0.5) is 4.79 Å². The van der Waals surface area contributed by atoms with Gasteiger partial charge in [-0.05, 0) is 24.8 Å². The van der Waals surface area contributed by atoms with Crippen LogP contribution < -0.4 is 5.32 Å². The van der Waals surface area contributed by atoms with Crippen LogP contribution in [0.5, 0.6) is 0 Å². The number of carboxylic acids is 1. The molecule has 0 radical (unpaired) electrons. The Bertz CT molecular complexity index is 576. The van der Waals surface area contributed by atoms with Crippen LogP contribution in [-0.4, -0.2) is 47.1 Å². The molecule has 0 unspecified atom stereocenters. The van der Waals surface area contributed by atoms with E-state index in [-0.39, 0.29) is 18.9 Å². The third-order valence-electron chi connectivity index (χ3n) is 3.91. The fourth-order valence-corrected chi connectivity index (χ4v) is 2.67. The van der Waals surface area contributed by atoms with Gasteiger partial charge in [-0.3, -0.25) is 4.79 Å². The molecule has 1 aliphatic rings. The van der Waals surface area contributed by atoms with Crippen molar-refractivity contribution in [3.63, 3.8) is 0 Å². The zero-order valence-electron chi connectivity index (χ0n) is 13.4. The van der Waals surface area contributed by atoms with Crippen LogP contribution in [0.15, 0.2) is 30.3 Å². The third-order valence-corrected chi connectivity index (χ3v) is 3.91. The smallest absolute Gasteiger partial charge is 0.407 e. The van der Waals surface area contributed by atoms with Gasteiger partial charge in [0, 0.05) is 19.5 Å². The SMILES string of the molecule is O=C(NCCCC(=O)N1CCC[C@H]1C(=O)O)OCc1ccccc1. The molecular weight excluding hydrogens is 312 g/mol. The first-order valence-corrected chi connectivity index (χ1v) is 8.05. The number of ether oxygens (including phenoxy) is 1. The lowest BCUT2D eigenvalue weighted by molar-refractivity contribution is -0.148. The normalized spacial score (nSPS) is 16.7. The second-order valence-corrected chi connectivity index (χ2v) is 5.68. The molecule has 0 aliphatic carbocycles. The van der Waals surface area contributed by atoms with E-state index in [9.17, 15) is 14.4 Å². The number of carbonyl (C=O) groups excluding carboxylic acids is 2. The summed E-state index contributed by atoms with van der Waals surface area (Å²) < 4.78 is 5.06. The second-order valence-electron chi connectivity index (χ2n) is 5.68. The lowest BCUT2D eigenvalue weighted by Gasteiger charge is -2.21. The minimum absolute atomic E-state index is 0.181.